The van der Waals surface area contributed by atoms with Gasteiger partial charge in [0, 0.05) is 5.41 Å². The Hall–Kier alpha value is -0.850. The molecule has 2 saturated carbocycles. The maximum atomic E-state index is 13.8. The van der Waals surface area contributed by atoms with E-state index in [4.69, 9.17) is 0 Å². The van der Waals surface area contributed by atoms with Crippen molar-refractivity contribution in [3.8, 4) is 0 Å². The molecule has 2 fully saturated rings. The van der Waals surface area contributed by atoms with Crippen LogP contribution in [0.4, 0.5) is 4.39 Å². The SMILES string of the molecule is CCC[C@H]1CC[C@@]2(c3ccccc3F)CC12. The van der Waals surface area contributed by atoms with Crippen LogP contribution in [0.15, 0.2) is 24.3 Å². The van der Waals surface area contributed by atoms with E-state index in [9.17, 15) is 4.39 Å². The average Bonchev–Trinajstić information content (AvgIpc) is 2.92. The molecule has 2 aliphatic carbocycles. The van der Waals surface area contributed by atoms with Crippen molar-refractivity contribution in [3.63, 3.8) is 0 Å². The summed E-state index contributed by atoms with van der Waals surface area (Å²) in [5, 5.41) is 0. The Labute approximate surface area is 96.9 Å². The first-order valence-corrected chi connectivity index (χ1v) is 6.53. The zero-order chi connectivity index (χ0) is 11.2. The molecule has 0 amide bonds. The summed E-state index contributed by atoms with van der Waals surface area (Å²) < 4.78 is 13.8. The van der Waals surface area contributed by atoms with Crippen LogP contribution in [0, 0.1) is 17.7 Å². The van der Waals surface area contributed by atoms with Crippen molar-refractivity contribution >= 4 is 0 Å². The summed E-state index contributed by atoms with van der Waals surface area (Å²) >= 11 is 0. The second-order valence-corrected chi connectivity index (χ2v) is 5.53. The van der Waals surface area contributed by atoms with Crippen LogP contribution in [0.1, 0.15) is 44.6 Å². The number of hydrogen-bond acceptors (Lipinski definition) is 0. The Balaban J connectivity index is 1.86. The van der Waals surface area contributed by atoms with E-state index >= 15 is 0 Å². The number of fused-ring (bicyclic) bond motifs is 1. The van der Waals surface area contributed by atoms with Gasteiger partial charge < -0.3 is 0 Å². The standard InChI is InChI=1S/C15H19F/c1-2-5-11-8-9-15(10-13(11)15)12-6-3-4-7-14(12)16/h3-4,6-7,11,13H,2,5,8-10H2,1H3/t11-,13?,15-/m0/s1. The molecule has 0 aromatic heterocycles. The summed E-state index contributed by atoms with van der Waals surface area (Å²) in [4.78, 5) is 0. The van der Waals surface area contributed by atoms with Gasteiger partial charge in [0.15, 0.2) is 0 Å². The molecular weight excluding hydrogens is 199 g/mol. The van der Waals surface area contributed by atoms with E-state index in [-0.39, 0.29) is 11.2 Å². The van der Waals surface area contributed by atoms with E-state index in [0.717, 1.165) is 17.4 Å². The molecule has 86 valence electrons. The van der Waals surface area contributed by atoms with Crippen LogP contribution in [0.25, 0.3) is 0 Å². The fraction of sp³-hybridized carbons (Fsp3) is 0.600. The Morgan fingerprint density at radius 1 is 1.38 bits per heavy atom. The minimum atomic E-state index is 0.0159. The molecule has 0 saturated heterocycles. The molecule has 16 heavy (non-hydrogen) atoms. The first-order chi connectivity index (χ1) is 7.78. The highest BCUT2D eigenvalue weighted by Gasteiger charge is 2.62. The van der Waals surface area contributed by atoms with E-state index in [2.05, 4.69) is 6.92 Å². The van der Waals surface area contributed by atoms with Crippen molar-refractivity contribution < 1.29 is 4.39 Å². The van der Waals surface area contributed by atoms with E-state index < -0.39 is 0 Å². The molecule has 0 aliphatic heterocycles. The lowest BCUT2D eigenvalue weighted by Crippen LogP contribution is -2.08. The monoisotopic (exact) mass is 218 g/mol. The summed E-state index contributed by atoms with van der Waals surface area (Å²) in [5.41, 5.74) is 1.24. The largest absolute Gasteiger partial charge is 0.207 e. The first kappa shape index (κ1) is 10.3. The van der Waals surface area contributed by atoms with Gasteiger partial charge in [0.25, 0.3) is 0 Å². The number of hydrogen-bond donors (Lipinski definition) is 0. The Bertz CT molecular complexity index is 398. The van der Waals surface area contributed by atoms with E-state index in [0.29, 0.717) is 0 Å². The Morgan fingerprint density at radius 3 is 2.88 bits per heavy atom. The molecule has 0 heterocycles. The number of benzene rings is 1. The van der Waals surface area contributed by atoms with Gasteiger partial charge in [0.05, 0.1) is 0 Å². The Kier molecular flexibility index (Phi) is 2.31. The average molecular weight is 218 g/mol. The highest BCUT2D eigenvalue weighted by molar-refractivity contribution is 5.37. The quantitative estimate of drug-likeness (QED) is 0.709. The van der Waals surface area contributed by atoms with Crippen LogP contribution in [0.5, 0.6) is 0 Å². The van der Waals surface area contributed by atoms with Gasteiger partial charge in [0.2, 0.25) is 0 Å². The first-order valence-electron chi connectivity index (χ1n) is 6.53. The van der Waals surface area contributed by atoms with Crippen LogP contribution in [-0.2, 0) is 5.41 Å². The van der Waals surface area contributed by atoms with Gasteiger partial charge in [-0.05, 0) is 42.7 Å². The topological polar surface area (TPSA) is 0 Å². The van der Waals surface area contributed by atoms with Crippen LogP contribution < -0.4 is 0 Å². The second-order valence-electron chi connectivity index (χ2n) is 5.53. The predicted octanol–water partition coefficient (Wildman–Crippen LogP) is 4.29. The smallest absolute Gasteiger partial charge is 0.126 e. The van der Waals surface area contributed by atoms with E-state index in [1.54, 1.807) is 12.1 Å². The summed E-state index contributed by atoms with van der Waals surface area (Å²) in [5.74, 6) is 1.66. The molecule has 3 atom stereocenters. The van der Waals surface area contributed by atoms with Gasteiger partial charge in [-0.25, -0.2) is 4.39 Å². The third kappa shape index (κ3) is 1.33. The summed E-state index contributed by atoms with van der Waals surface area (Å²) in [7, 11) is 0. The number of rotatable bonds is 3. The second kappa shape index (κ2) is 3.58. The molecule has 1 unspecified atom stereocenters. The van der Waals surface area contributed by atoms with Crippen molar-refractivity contribution in [2.24, 2.45) is 11.8 Å². The number of halogens is 1. The molecular formula is C15H19F. The van der Waals surface area contributed by atoms with Gasteiger partial charge >= 0.3 is 0 Å². The molecule has 1 aromatic rings. The van der Waals surface area contributed by atoms with Gasteiger partial charge in [-0.2, -0.15) is 0 Å². The van der Waals surface area contributed by atoms with Crippen molar-refractivity contribution in [3.05, 3.63) is 35.6 Å². The zero-order valence-electron chi connectivity index (χ0n) is 9.88. The summed E-state index contributed by atoms with van der Waals surface area (Å²) in [6.45, 7) is 2.26. The predicted molar refractivity (Wildman–Crippen MR) is 63.8 cm³/mol. The minimum Gasteiger partial charge on any atom is -0.207 e. The van der Waals surface area contributed by atoms with Crippen LogP contribution in [0.2, 0.25) is 0 Å². The van der Waals surface area contributed by atoms with Gasteiger partial charge in [-0.1, -0.05) is 38.0 Å². The Morgan fingerprint density at radius 2 is 2.19 bits per heavy atom. The molecule has 3 rings (SSSR count). The van der Waals surface area contributed by atoms with Gasteiger partial charge in [0.1, 0.15) is 5.82 Å². The lowest BCUT2D eigenvalue weighted by Gasteiger charge is -2.12. The molecule has 1 heteroatoms. The third-order valence-corrected chi connectivity index (χ3v) is 4.73. The maximum absolute atomic E-state index is 13.8. The van der Waals surface area contributed by atoms with Crippen LogP contribution in [0.3, 0.4) is 0 Å². The van der Waals surface area contributed by atoms with Crippen molar-refractivity contribution in [1.82, 2.24) is 0 Å². The molecule has 0 spiro atoms. The van der Waals surface area contributed by atoms with Crippen molar-refractivity contribution in [1.29, 1.82) is 0 Å². The minimum absolute atomic E-state index is 0.0159. The summed E-state index contributed by atoms with van der Waals surface area (Å²) in [6, 6.07) is 7.40. The lowest BCUT2D eigenvalue weighted by molar-refractivity contribution is 0.439. The van der Waals surface area contributed by atoms with Gasteiger partial charge in [-0.15, -0.1) is 0 Å². The third-order valence-electron chi connectivity index (χ3n) is 4.73. The highest BCUT2D eigenvalue weighted by atomic mass is 19.1. The van der Waals surface area contributed by atoms with E-state index in [1.807, 2.05) is 12.1 Å². The fourth-order valence-corrected chi connectivity index (χ4v) is 3.91. The fourth-order valence-electron chi connectivity index (χ4n) is 3.91. The van der Waals surface area contributed by atoms with E-state index in [1.165, 1.54) is 32.1 Å². The zero-order valence-corrected chi connectivity index (χ0v) is 9.88. The van der Waals surface area contributed by atoms with Crippen molar-refractivity contribution in [2.45, 2.75) is 44.4 Å². The normalized spacial score (nSPS) is 36.1. The maximum Gasteiger partial charge on any atom is 0.126 e. The van der Waals surface area contributed by atoms with Gasteiger partial charge in [-0.3, -0.25) is 0 Å². The lowest BCUT2D eigenvalue weighted by atomic mass is 9.93. The highest BCUT2D eigenvalue weighted by Crippen LogP contribution is 2.67. The summed E-state index contributed by atoms with van der Waals surface area (Å²) in [6.07, 6.45) is 6.37. The van der Waals surface area contributed by atoms with Crippen LogP contribution in [-0.4, -0.2) is 0 Å². The molecule has 0 N–H and O–H groups in total. The molecule has 0 bridgehead atoms. The molecule has 0 nitrogen and oxygen atoms in total. The van der Waals surface area contributed by atoms with Crippen LogP contribution >= 0.6 is 0 Å². The van der Waals surface area contributed by atoms with Crippen molar-refractivity contribution in [2.75, 3.05) is 0 Å². The molecule has 0 radical (unpaired) electrons. The molecule has 2 aliphatic rings. The molecule has 1 aromatic carbocycles.